The van der Waals surface area contributed by atoms with E-state index in [0.717, 1.165) is 30.6 Å². The Balaban J connectivity index is 1.79. The van der Waals surface area contributed by atoms with E-state index in [1.165, 1.54) is 12.8 Å². The molecule has 5 nitrogen and oxygen atoms in total. The van der Waals surface area contributed by atoms with Gasteiger partial charge in [0.1, 0.15) is 5.75 Å². The van der Waals surface area contributed by atoms with Gasteiger partial charge >= 0.3 is 0 Å². The van der Waals surface area contributed by atoms with Crippen LogP contribution in [0.5, 0.6) is 5.75 Å². The summed E-state index contributed by atoms with van der Waals surface area (Å²) >= 11 is 0. The standard InChI is InChI=1S/C20H30N2O3/c1-15(14-16-8-4-7-11-18(16)25-3)22(2)20(24)13-12-19(23)21-17-9-5-6-10-17/h4,7-8,11,15,17H,5-6,9-10,12-14H2,1-3H3,(H,21,23). The van der Waals surface area contributed by atoms with Crippen molar-refractivity contribution in [3.8, 4) is 5.75 Å². The molecule has 1 N–H and O–H groups in total. The fourth-order valence-electron chi connectivity index (χ4n) is 3.34. The first-order valence-corrected chi connectivity index (χ1v) is 9.18. The third-order valence-electron chi connectivity index (χ3n) is 5.05. The molecule has 5 heteroatoms. The molecule has 0 aliphatic heterocycles. The van der Waals surface area contributed by atoms with Crippen LogP contribution in [0.15, 0.2) is 24.3 Å². The zero-order valence-corrected chi connectivity index (χ0v) is 15.6. The molecule has 1 aromatic carbocycles. The van der Waals surface area contributed by atoms with Gasteiger partial charge in [-0.1, -0.05) is 31.0 Å². The van der Waals surface area contributed by atoms with Gasteiger partial charge in [0.15, 0.2) is 0 Å². The number of nitrogens with one attached hydrogen (secondary N) is 1. The minimum Gasteiger partial charge on any atom is -0.496 e. The average molecular weight is 346 g/mol. The number of para-hydroxylation sites is 1. The van der Waals surface area contributed by atoms with Gasteiger partial charge in [-0.05, 0) is 37.8 Å². The van der Waals surface area contributed by atoms with Gasteiger partial charge in [0.25, 0.3) is 0 Å². The summed E-state index contributed by atoms with van der Waals surface area (Å²) in [5.74, 6) is 0.834. The Kier molecular flexibility index (Phi) is 7.29. The van der Waals surface area contributed by atoms with E-state index < -0.39 is 0 Å². The lowest BCUT2D eigenvalue weighted by molar-refractivity contribution is -0.134. The molecule has 1 fully saturated rings. The highest BCUT2D eigenvalue weighted by atomic mass is 16.5. The smallest absolute Gasteiger partial charge is 0.223 e. The van der Waals surface area contributed by atoms with Crippen molar-refractivity contribution in [2.45, 2.75) is 64.0 Å². The fourth-order valence-corrected chi connectivity index (χ4v) is 3.34. The third-order valence-corrected chi connectivity index (χ3v) is 5.05. The molecule has 0 saturated heterocycles. The van der Waals surface area contributed by atoms with Crippen LogP contribution in [0.3, 0.4) is 0 Å². The molecular formula is C20H30N2O3. The van der Waals surface area contributed by atoms with Gasteiger partial charge in [0, 0.05) is 32.0 Å². The quantitative estimate of drug-likeness (QED) is 0.787. The van der Waals surface area contributed by atoms with E-state index in [1.807, 2.05) is 31.2 Å². The molecule has 1 saturated carbocycles. The van der Waals surface area contributed by atoms with E-state index in [-0.39, 0.29) is 30.7 Å². The van der Waals surface area contributed by atoms with Crippen molar-refractivity contribution in [3.05, 3.63) is 29.8 Å². The molecule has 1 unspecified atom stereocenters. The van der Waals surface area contributed by atoms with Crippen molar-refractivity contribution in [1.82, 2.24) is 10.2 Å². The molecule has 138 valence electrons. The summed E-state index contributed by atoms with van der Waals surface area (Å²) in [5, 5.41) is 3.03. The van der Waals surface area contributed by atoms with Crippen molar-refractivity contribution in [2.75, 3.05) is 14.2 Å². The zero-order valence-electron chi connectivity index (χ0n) is 15.6. The molecule has 0 bridgehead atoms. The van der Waals surface area contributed by atoms with Gasteiger partial charge in [-0.2, -0.15) is 0 Å². The maximum atomic E-state index is 12.4. The number of hydrogen-bond donors (Lipinski definition) is 1. The average Bonchev–Trinajstić information content (AvgIpc) is 3.12. The minimum atomic E-state index is -0.00830. The molecule has 2 rings (SSSR count). The first-order chi connectivity index (χ1) is 12.0. The number of hydrogen-bond acceptors (Lipinski definition) is 3. The summed E-state index contributed by atoms with van der Waals surface area (Å²) in [5.41, 5.74) is 1.08. The van der Waals surface area contributed by atoms with Gasteiger partial charge in [0.05, 0.1) is 7.11 Å². The highest BCUT2D eigenvalue weighted by Gasteiger charge is 2.20. The monoisotopic (exact) mass is 346 g/mol. The molecule has 2 amide bonds. The summed E-state index contributed by atoms with van der Waals surface area (Å²) in [7, 11) is 3.46. The van der Waals surface area contributed by atoms with Crippen molar-refractivity contribution < 1.29 is 14.3 Å². The van der Waals surface area contributed by atoms with E-state index in [1.54, 1.807) is 19.1 Å². The minimum absolute atomic E-state index is 0.00368. The first kappa shape index (κ1) is 19.3. The molecule has 25 heavy (non-hydrogen) atoms. The molecule has 0 radical (unpaired) electrons. The van der Waals surface area contributed by atoms with E-state index in [9.17, 15) is 9.59 Å². The van der Waals surface area contributed by atoms with Gasteiger partial charge in [0.2, 0.25) is 11.8 Å². The number of amides is 2. The Hall–Kier alpha value is -2.04. The normalized spacial score (nSPS) is 15.6. The lowest BCUT2D eigenvalue weighted by Crippen LogP contribution is -2.38. The first-order valence-electron chi connectivity index (χ1n) is 9.18. The Bertz CT molecular complexity index is 582. The number of carbonyl (C=O) groups excluding carboxylic acids is 2. The lowest BCUT2D eigenvalue weighted by Gasteiger charge is -2.26. The maximum Gasteiger partial charge on any atom is 0.223 e. The number of likely N-dealkylation sites (N-methyl/N-ethyl adjacent to an activating group) is 1. The number of benzene rings is 1. The second-order valence-corrected chi connectivity index (χ2v) is 6.92. The second kappa shape index (κ2) is 9.44. The summed E-state index contributed by atoms with van der Waals surface area (Å²) in [6.45, 7) is 2.02. The second-order valence-electron chi connectivity index (χ2n) is 6.92. The number of rotatable bonds is 8. The molecule has 0 heterocycles. The molecular weight excluding hydrogens is 316 g/mol. The van der Waals surface area contributed by atoms with Crippen LogP contribution < -0.4 is 10.1 Å². The predicted molar refractivity (Wildman–Crippen MR) is 98.6 cm³/mol. The van der Waals surface area contributed by atoms with Gasteiger partial charge in [-0.25, -0.2) is 0 Å². The van der Waals surface area contributed by atoms with Gasteiger partial charge in [-0.3, -0.25) is 9.59 Å². The van der Waals surface area contributed by atoms with Crippen LogP contribution >= 0.6 is 0 Å². The van der Waals surface area contributed by atoms with Crippen molar-refractivity contribution in [1.29, 1.82) is 0 Å². The molecule has 1 aliphatic carbocycles. The molecule has 1 atom stereocenters. The van der Waals surface area contributed by atoms with Gasteiger partial charge in [-0.15, -0.1) is 0 Å². The van der Waals surface area contributed by atoms with Crippen LogP contribution in [0.25, 0.3) is 0 Å². The Morgan fingerprint density at radius 2 is 1.92 bits per heavy atom. The van der Waals surface area contributed by atoms with Crippen LogP contribution in [0.4, 0.5) is 0 Å². The fraction of sp³-hybridized carbons (Fsp3) is 0.600. The summed E-state index contributed by atoms with van der Waals surface area (Å²) in [4.78, 5) is 26.1. The van der Waals surface area contributed by atoms with Crippen molar-refractivity contribution >= 4 is 11.8 Å². The Labute approximate surface area is 150 Å². The summed E-state index contributed by atoms with van der Waals surface area (Å²) < 4.78 is 5.37. The Morgan fingerprint density at radius 1 is 1.24 bits per heavy atom. The van der Waals surface area contributed by atoms with Crippen LogP contribution in [-0.2, 0) is 16.0 Å². The number of carbonyl (C=O) groups is 2. The predicted octanol–water partition coefficient (Wildman–Crippen LogP) is 2.92. The molecule has 0 aromatic heterocycles. The lowest BCUT2D eigenvalue weighted by atomic mass is 10.0. The van der Waals surface area contributed by atoms with E-state index in [4.69, 9.17) is 4.74 Å². The highest BCUT2D eigenvalue weighted by molar-refractivity contribution is 5.84. The topological polar surface area (TPSA) is 58.6 Å². The van der Waals surface area contributed by atoms with E-state index >= 15 is 0 Å². The molecule has 1 aliphatic rings. The highest BCUT2D eigenvalue weighted by Crippen LogP contribution is 2.21. The van der Waals surface area contributed by atoms with Crippen molar-refractivity contribution in [3.63, 3.8) is 0 Å². The number of ether oxygens (including phenoxy) is 1. The van der Waals surface area contributed by atoms with Crippen molar-refractivity contribution in [2.24, 2.45) is 0 Å². The summed E-state index contributed by atoms with van der Waals surface area (Å²) in [6.07, 6.45) is 5.75. The molecule has 0 spiro atoms. The number of nitrogens with zero attached hydrogens (tertiary/aromatic N) is 1. The van der Waals surface area contributed by atoms with Crippen LogP contribution in [0.1, 0.15) is 51.0 Å². The SMILES string of the molecule is COc1ccccc1CC(C)N(C)C(=O)CCC(=O)NC1CCCC1. The van der Waals surface area contributed by atoms with Crippen LogP contribution in [0.2, 0.25) is 0 Å². The van der Waals surface area contributed by atoms with E-state index in [2.05, 4.69) is 5.32 Å². The maximum absolute atomic E-state index is 12.4. The Morgan fingerprint density at radius 3 is 2.60 bits per heavy atom. The van der Waals surface area contributed by atoms with Gasteiger partial charge < -0.3 is 15.0 Å². The van der Waals surface area contributed by atoms with E-state index in [0.29, 0.717) is 6.04 Å². The zero-order chi connectivity index (χ0) is 18.2. The summed E-state index contributed by atoms with van der Waals surface area (Å²) in [6, 6.07) is 8.20. The van der Waals surface area contributed by atoms with Crippen LogP contribution in [-0.4, -0.2) is 43.0 Å². The molecule has 1 aromatic rings. The van der Waals surface area contributed by atoms with Crippen LogP contribution in [0, 0.1) is 0 Å². The third kappa shape index (κ3) is 5.76. The number of methoxy groups -OCH3 is 1. The largest absolute Gasteiger partial charge is 0.496 e.